The minimum atomic E-state index is -4.10. The lowest BCUT2D eigenvalue weighted by Crippen LogP contribution is -2.44. The first-order valence-electron chi connectivity index (χ1n) is 5.96. The van der Waals surface area contributed by atoms with Crippen molar-refractivity contribution in [2.24, 2.45) is 0 Å². The smallest absolute Gasteiger partial charge is 0.422 e. The molecule has 7 nitrogen and oxygen atoms in total. The molecule has 1 aliphatic rings. The van der Waals surface area contributed by atoms with Crippen LogP contribution in [0.15, 0.2) is 24.3 Å². The molecule has 20 heavy (non-hydrogen) atoms. The predicted octanol–water partition coefficient (Wildman–Crippen LogP) is 1.07. The Kier molecular flexibility index (Phi) is 3.93. The van der Waals surface area contributed by atoms with E-state index in [4.69, 9.17) is 0 Å². The topological polar surface area (TPSA) is 92.8 Å². The SMILES string of the molecule is COC(=O)NS(=O)(=O)N1CCCC(=O)c2ccccc21. The fourth-order valence-corrected chi connectivity index (χ4v) is 3.21. The number of anilines is 1. The summed E-state index contributed by atoms with van der Waals surface area (Å²) in [4.78, 5) is 23.0. The Morgan fingerprint density at radius 1 is 1.35 bits per heavy atom. The highest BCUT2D eigenvalue weighted by Crippen LogP contribution is 2.27. The zero-order valence-corrected chi connectivity index (χ0v) is 11.6. The number of ketones is 1. The van der Waals surface area contributed by atoms with E-state index >= 15 is 0 Å². The molecule has 0 bridgehead atoms. The maximum atomic E-state index is 12.2. The van der Waals surface area contributed by atoms with Gasteiger partial charge in [0.05, 0.1) is 12.8 Å². The molecule has 1 N–H and O–H groups in total. The third-order valence-corrected chi connectivity index (χ3v) is 4.31. The van der Waals surface area contributed by atoms with Crippen LogP contribution < -0.4 is 9.03 Å². The Balaban J connectivity index is 2.44. The van der Waals surface area contributed by atoms with Gasteiger partial charge in [0.25, 0.3) is 0 Å². The van der Waals surface area contributed by atoms with Crippen molar-refractivity contribution in [3.05, 3.63) is 29.8 Å². The van der Waals surface area contributed by atoms with Gasteiger partial charge in [-0.05, 0) is 18.6 Å². The number of nitrogens with zero attached hydrogens (tertiary/aromatic N) is 1. The van der Waals surface area contributed by atoms with Crippen LogP contribution >= 0.6 is 0 Å². The average molecular weight is 298 g/mol. The number of nitrogens with one attached hydrogen (secondary N) is 1. The number of hydrogen-bond donors (Lipinski definition) is 1. The van der Waals surface area contributed by atoms with Crippen molar-refractivity contribution < 1.29 is 22.7 Å². The summed E-state index contributed by atoms with van der Waals surface area (Å²) in [6.45, 7) is 0.120. The van der Waals surface area contributed by atoms with Gasteiger partial charge in [-0.1, -0.05) is 12.1 Å². The maximum absolute atomic E-state index is 12.2. The second kappa shape index (κ2) is 5.49. The molecule has 108 valence electrons. The number of fused-ring (bicyclic) bond motifs is 1. The Morgan fingerprint density at radius 3 is 2.75 bits per heavy atom. The Morgan fingerprint density at radius 2 is 2.05 bits per heavy atom. The van der Waals surface area contributed by atoms with Crippen LogP contribution in [0.5, 0.6) is 0 Å². The zero-order valence-electron chi connectivity index (χ0n) is 10.8. The molecule has 0 unspecified atom stereocenters. The normalized spacial score (nSPS) is 15.2. The van der Waals surface area contributed by atoms with Crippen LogP contribution in [0.3, 0.4) is 0 Å². The highest BCUT2D eigenvalue weighted by atomic mass is 32.2. The van der Waals surface area contributed by atoms with Gasteiger partial charge in [-0.2, -0.15) is 8.42 Å². The molecule has 1 amide bonds. The van der Waals surface area contributed by atoms with Crippen LogP contribution in [-0.4, -0.2) is 33.9 Å². The largest absolute Gasteiger partial charge is 0.452 e. The minimum absolute atomic E-state index is 0.114. The van der Waals surface area contributed by atoms with E-state index in [1.165, 1.54) is 6.07 Å². The predicted molar refractivity (Wildman–Crippen MR) is 71.8 cm³/mol. The van der Waals surface area contributed by atoms with Crippen LogP contribution in [-0.2, 0) is 14.9 Å². The Labute approximate surface area is 116 Å². The standard InChI is InChI=1S/C12H14N2O5S/c1-19-12(16)13-20(17,18)14-8-4-7-11(15)9-5-2-3-6-10(9)14/h2-3,5-6H,4,7-8H2,1H3,(H,13,16). The van der Waals surface area contributed by atoms with Crippen molar-refractivity contribution in [1.82, 2.24) is 4.72 Å². The molecule has 0 aromatic heterocycles. The number of methoxy groups -OCH3 is 1. The molecule has 0 aliphatic carbocycles. The summed E-state index contributed by atoms with van der Waals surface area (Å²) in [7, 11) is -3.02. The fraction of sp³-hybridized carbons (Fsp3) is 0.333. The van der Waals surface area contributed by atoms with Crippen molar-refractivity contribution >= 4 is 27.8 Å². The van der Waals surface area contributed by atoms with Crippen LogP contribution in [0.2, 0.25) is 0 Å². The zero-order chi connectivity index (χ0) is 14.8. The Bertz CT molecular complexity index is 641. The van der Waals surface area contributed by atoms with Gasteiger partial charge < -0.3 is 4.74 Å². The van der Waals surface area contributed by atoms with E-state index in [1.807, 2.05) is 0 Å². The van der Waals surface area contributed by atoms with E-state index in [9.17, 15) is 18.0 Å². The van der Waals surface area contributed by atoms with Crippen molar-refractivity contribution in [2.45, 2.75) is 12.8 Å². The molecule has 1 aromatic carbocycles. The highest BCUT2D eigenvalue weighted by molar-refractivity contribution is 7.91. The lowest BCUT2D eigenvalue weighted by molar-refractivity contribution is 0.0983. The molecule has 1 aliphatic heterocycles. The van der Waals surface area contributed by atoms with Gasteiger partial charge in [-0.15, -0.1) is 0 Å². The second-order valence-electron chi connectivity index (χ2n) is 4.21. The van der Waals surface area contributed by atoms with Crippen molar-refractivity contribution in [3.63, 3.8) is 0 Å². The van der Waals surface area contributed by atoms with Gasteiger partial charge in [0.15, 0.2) is 5.78 Å². The average Bonchev–Trinajstić information content (AvgIpc) is 2.58. The van der Waals surface area contributed by atoms with Crippen LogP contribution in [0.1, 0.15) is 23.2 Å². The molecule has 1 heterocycles. The fourth-order valence-electron chi connectivity index (χ4n) is 2.02. The molecule has 2 rings (SSSR count). The van der Waals surface area contributed by atoms with E-state index in [0.29, 0.717) is 12.0 Å². The van der Waals surface area contributed by atoms with E-state index < -0.39 is 16.3 Å². The van der Waals surface area contributed by atoms with Crippen molar-refractivity contribution in [3.8, 4) is 0 Å². The van der Waals surface area contributed by atoms with Gasteiger partial charge >= 0.3 is 16.3 Å². The first kappa shape index (κ1) is 14.3. The second-order valence-corrected chi connectivity index (χ2v) is 5.81. The number of ether oxygens (including phenoxy) is 1. The molecule has 1 aromatic rings. The summed E-state index contributed by atoms with van der Waals surface area (Å²) >= 11 is 0. The molecule has 8 heteroatoms. The summed E-state index contributed by atoms with van der Waals surface area (Å²) in [6.07, 6.45) is -0.422. The molecule has 0 saturated heterocycles. The highest BCUT2D eigenvalue weighted by Gasteiger charge is 2.30. The molecule has 0 atom stereocenters. The van der Waals surface area contributed by atoms with Crippen LogP contribution in [0.4, 0.5) is 10.5 Å². The van der Waals surface area contributed by atoms with E-state index in [0.717, 1.165) is 11.4 Å². The first-order valence-corrected chi connectivity index (χ1v) is 7.40. The number of para-hydroxylation sites is 1. The number of amides is 1. The van der Waals surface area contributed by atoms with Crippen molar-refractivity contribution in [1.29, 1.82) is 0 Å². The van der Waals surface area contributed by atoms with Gasteiger partial charge in [0.2, 0.25) is 0 Å². The lowest BCUT2D eigenvalue weighted by Gasteiger charge is -2.23. The Hall–Kier alpha value is -2.09. The van der Waals surface area contributed by atoms with Gasteiger partial charge in [0.1, 0.15) is 0 Å². The molecule has 0 saturated carbocycles. The van der Waals surface area contributed by atoms with Crippen molar-refractivity contribution in [2.75, 3.05) is 18.0 Å². The summed E-state index contributed by atoms with van der Waals surface area (Å²) in [6, 6.07) is 6.41. The summed E-state index contributed by atoms with van der Waals surface area (Å²) in [5.41, 5.74) is 0.603. The molecule has 0 fully saturated rings. The van der Waals surface area contributed by atoms with Gasteiger partial charge in [-0.3, -0.25) is 9.10 Å². The summed E-state index contributed by atoms with van der Waals surface area (Å²) in [5, 5.41) is 0. The first-order chi connectivity index (χ1) is 9.45. The molecular formula is C12H14N2O5S. The van der Waals surface area contributed by atoms with Crippen LogP contribution in [0.25, 0.3) is 0 Å². The summed E-state index contributed by atoms with van der Waals surface area (Å²) < 4.78 is 31.5. The number of benzene rings is 1. The third-order valence-electron chi connectivity index (χ3n) is 2.93. The lowest BCUT2D eigenvalue weighted by atomic mass is 10.1. The monoisotopic (exact) mass is 298 g/mol. The van der Waals surface area contributed by atoms with Gasteiger partial charge in [-0.25, -0.2) is 9.52 Å². The quantitative estimate of drug-likeness (QED) is 0.881. The summed E-state index contributed by atoms with van der Waals surface area (Å²) in [5.74, 6) is -0.114. The third kappa shape index (κ3) is 2.74. The van der Waals surface area contributed by atoms with Crippen LogP contribution in [0, 0.1) is 0 Å². The van der Waals surface area contributed by atoms with Gasteiger partial charge in [0, 0.05) is 18.5 Å². The van der Waals surface area contributed by atoms with E-state index in [-0.39, 0.29) is 24.4 Å². The number of carbonyl (C=O) groups excluding carboxylic acids is 2. The number of hydrogen-bond acceptors (Lipinski definition) is 5. The van der Waals surface area contributed by atoms with E-state index in [1.54, 1.807) is 22.9 Å². The minimum Gasteiger partial charge on any atom is -0.452 e. The number of rotatable bonds is 2. The molecule has 0 radical (unpaired) electrons. The number of Topliss-reactive ketones (excluding diaryl/α,β-unsaturated/α-hetero) is 1. The molecule has 0 spiro atoms. The number of carbonyl (C=O) groups is 2. The van der Waals surface area contributed by atoms with E-state index in [2.05, 4.69) is 4.74 Å². The molecular weight excluding hydrogens is 284 g/mol. The maximum Gasteiger partial charge on any atom is 0.422 e.